The summed E-state index contributed by atoms with van der Waals surface area (Å²) in [4.78, 5) is 35.9. The monoisotopic (exact) mass is 300 g/mol. The summed E-state index contributed by atoms with van der Waals surface area (Å²) in [6, 6.07) is 0. The third-order valence-electron chi connectivity index (χ3n) is 1.82. The molecule has 1 N–H and O–H groups in total. The van der Waals surface area contributed by atoms with Crippen LogP contribution < -0.4 is 5.32 Å². The van der Waals surface area contributed by atoms with Crippen LogP contribution in [-0.2, 0) is 14.3 Å². The van der Waals surface area contributed by atoms with E-state index in [4.69, 9.17) is 9.47 Å². The van der Waals surface area contributed by atoms with Crippen LogP contribution in [-0.4, -0.2) is 40.9 Å². The van der Waals surface area contributed by atoms with Crippen LogP contribution in [0.15, 0.2) is 12.7 Å². The van der Waals surface area contributed by atoms with Crippen molar-refractivity contribution in [2.24, 2.45) is 0 Å². The van der Waals surface area contributed by atoms with Crippen molar-refractivity contribution in [3.63, 3.8) is 0 Å². The number of amides is 3. The normalized spacial score (nSPS) is 11.3. The first-order valence-electron chi connectivity index (χ1n) is 6.49. The number of nitrogens with one attached hydrogen (secondary N) is 1. The molecule has 120 valence electrons. The molecule has 0 unspecified atom stereocenters. The summed E-state index contributed by atoms with van der Waals surface area (Å²) in [5.41, 5.74) is -1.56. The molecule has 0 atom stereocenters. The number of hydrogen-bond donors (Lipinski definition) is 1. The Hall–Kier alpha value is -2.05. The fraction of sp³-hybridized carbons (Fsp3) is 0.643. The zero-order valence-electron chi connectivity index (χ0n) is 13.5. The Bertz CT molecular complexity index is 390. The highest BCUT2D eigenvalue weighted by molar-refractivity contribution is 5.90. The summed E-state index contributed by atoms with van der Waals surface area (Å²) in [7, 11) is 0. The smallest absolute Gasteiger partial charge is 0.421 e. The van der Waals surface area contributed by atoms with Crippen LogP contribution in [0.25, 0.3) is 0 Å². The van der Waals surface area contributed by atoms with E-state index >= 15 is 0 Å². The molecule has 0 aliphatic rings. The zero-order valence-corrected chi connectivity index (χ0v) is 13.5. The third kappa shape index (κ3) is 8.67. The number of carbonyl (C=O) groups excluding carboxylic acids is 3. The largest absolute Gasteiger partial charge is 0.443 e. The van der Waals surface area contributed by atoms with Crippen molar-refractivity contribution in [1.29, 1.82) is 0 Å². The maximum Gasteiger partial charge on any atom is 0.421 e. The van der Waals surface area contributed by atoms with Crippen LogP contribution >= 0.6 is 0 Å². The summed E-state index contributed by atoms with van der Waals surface area (Å²) in [5, 5.41) is 2.33. The predicted octanol–water partition coefficient (Wildman–Crippen LogP) is 2.42. The summed E-state index contributed by atoms with van der Waals surface area (Å²) in [6.45, 7) is 12.9. The predicted molar refractivity (Wildman–Crippen MR) is 77.5 cm³/mol. The lowest BCUT2D eigenvalue weighted by Crippen LogP contribution is -2.48. The fourth-order valence-electron chi connectivity index (χ4n) is 1.07. The van der Waals surface area contributed by atoms with Crippen molar-refractivity contribution in [3.05, 3.63) is 12.7 Å². The molecule has 0 heterocycles. The molecule has 0 saturated heterocycles. The van der Waals surface area contributed by atoms with Gasteiger partial charge in [-0.25, -0.2) is 9.59 Å². The van der Waals surface area contributed by atoms with Gasteiger partial charge in [0.05, 0.1) is 0 Å². The lowest BCUT2D eigenvalue weighted by atomic mass is 10.2. The van der Waals surface area contributed by atoms with Gasteiger partial charge >= 0.3 is 12.2 Å². The van der Waals surface area contributed by atoms with Gasteiger partial charge in [0.2, 0.25) is 5.91 Å². The standard InChI is InChI=1S/C14H24N2O5/c1-8-10(17)15-9-16(11(18)20-13(2,3)4)12(19)21-14(5,6)7/h8H,1,9H2,2-7H3,(H,15,17). The highest BCUT2D eigenvalue weighted by Gasteiger charge is 2.31. The van der Waals surface area contributed by atoms with E-state index in [1.165, 1.54) is 0 Å². The molecule has 0 aromatic rings. The molecule has 0 aliphatic heterocycles. The fourth-order valence-corrected chi connectivity index (χ4v) is 1.07. The highest BCUT2D eigenvalue weighted by Crippen LogP contribution is 2.13. The molecule has 0 radical (unpaired) electrons. The molecule has 3 amide bonds. The molecule has 0 aliphatic carbocycles. The molecule has 0 bridgehead atoms. The lowest BCUT2D eigenvalue weighted by molar-refractivity contribution is -0.116. The van der Waals surface area contributed by atoms with E-state index in [2.05, 4.69) is 11.9 Å². The van der Waals surface area contributed by atoms with Crippen LogP contribution in [0.1, 0.15) is 41.5 Å². The van der Waals surface area contributed by atoms with Gasteiger partial charge in [0.1, 0.15) is 17.9 Å². The minimum Gasteiger partial charge on any atom is -0.443 e. The second kappa shape index (κ2) is 7.10. The van der Waals surface area contributed by atoms with Gasteiger partial charge in [-0.05, 0) is 47.6 Å². The Labute approximate surface area is 125 Å². The number of rotatable bonds is 3. The molecular formula is C14H24N2O5. The SMILES string of the molecule is C=CC(=O)NCN(C(=O)OC(C)(C)C)C(=O)OC(C)(C)C. The van der Waals surface area contributed by atoms with E-state index in [0.29, 0.717) is 4.90 Å². The molecule has 0 spiro atoms. The van der Waals surface area contributed by atoms with Gasteiger partial charge in [-0.15, -0.1) is 0 Å². The number of ether oxygens (including phenoxy) is 2. The molecule has 0 aromatic carbocycles. The first-order valence-corrected chi connectivity index (χ1v) is 6.49. The Kier molecular flexibility index (Phi) is 6.41. The Morgan fingerprint density at radius 2 is 1.38 bits per heavy atom. The minimum atomic E-state index is -0.902. The molecule has 0 fully saturated rings. The molecule has 0 saturated carbocycles. The summed E-state index contributed by atoms with van der Waals surface area (Å²) < 4.78 is 10.2. The van der Waals surface area contributed by atoms with Gasteiger partial charge in [0.25, 0.3) is 0 Å². The Balaban J connectivity index is 4.99. The van der Waals surface area contributed by atoms with Crippen LogP contribution in [0.4, 0.5) is 9.59 Å². The van der Waals surface area contributed by atoms with Gasteiger partial charge in [0, 0.05) is 0 Å². The van der Waals surface area contributed by atoms with Crippen molar-refractivity contribution < 1.29 is 23.9 Å². The molecular weight excluding hydrogens is 276 g/mol. The highest BCUT2D eigenvalue weighted by atomic mass is 16.6. The van der Waals surface area contributed by atoms with E-state index in [9.17, 15) is 14.4 Å². The molecule has 0 rings (SSSR count). The number of carbonyl (C=O) groups is 3. The van der Waals surface area contributed by atoms with Crippen LogP contribution in [0.3, 0.4) is 0 Å². The van der Waals surface area contributed by atoms with Crippen LogP contribution in [0, 0.1) is 0 Å². The second-order valence-corrected chi connectivity index (χ2v) is 6.29. The van der Waals surface area contributed by atoms with Crippen molar-refractivity contribution in [1.82, 2.24) is 10.2 Å². The van der Waals surface area contributed by atoms with Crippen molar-refractivity contribution >= 4 is 18.1 Å². The summed E-state index contributed by atoms with van der Waals surface area (Å²) in [6.07, 6.45) is -0.773. The van der Waals surface area contributed by atoms with Gasteiger partial charge in [-0.1, -0.05) is 6.58 Å². The molecule has 7 nitrogen and oxygen atoms in total. The molecule has 0 aromatic heterocycles. The third-order valence-corrected chi connectivity index (χ3v) is 1.82. The number of imide groups is 1. The number of nitrogens with zero attached hydrogens (tertiary/aromatic N) is 1. The van der Waals surface area contributed by atoms with Crippen molar-refractivity contribution in [2.45, 2.75) is 52.7 Å². The lowest BCUT2D eigenvalue weighted by Gasteiger charge is -2.28. The Morgan fingerprint density at radius 1 is 1.00 bits per heavy atom. The summed E-state index contributed by atoms with van der Waals surface area (Å²) >= 11 is 0. The first-order chi connectivity index (χ1) is 9.35. The zero-order chi connectivity index (χ0) is 16.8. The first kappa shape index (κ1) is 18.9. The van der Waals surface area contributed by atoms with Gasteiger partial charge in [-0.3, -0.25) is 4.79 Å². The maximum atomic E-state index is 12.0. The summed E-state index contributed by atoms with van der Waals surface area (Å²) in [5.74, 6) is -0.521. The topological polar surface area (TPSA) is 84.9 Å². The molecule has 7 heteroatoms. The quantitative estimate of drug-likeness (QED) is 0.639. The number of hydrogen-bond acceptors (Lipinski definition) is 5. The van der Waals surface area contributed by atoms with Crippen LogP contribution in [0.5, 0.6) is 0 Å². The van der Waals surface area contributed by atoms with Crippen LogP contribution in [0.2, 0.25) is 0 Å². The van der Waals surface area contributed by atoms with E-state index in [0.717, 1.165) is 6.08 Å². The van der Waals surface area contributed by atoms with E-state index < -0.39 is 29.3 Å². The van der Waals surface area contributed by atoms with Gasteiger partial charge in [0.15, 0.2) is 0 Å². The van der Waals surface area contributed by atoms with Crippen molar-refractivity contribution in [3.8, 4) is 0 Å². The average molecular weight is 300 g/mol. The Morgan fingerprint density at radius 3 is 1.67 bits per heavy atom. The minimum absolute atomic E-state index is 0.366. The average Bonchev–Trinajstić information content (AvgIpc) is 2.23. The van der Waals surface area contributed by atoms with E-state index in [1.807, 2.05) is 0 Å². The maximum absolute atomic E-state index is 12.0. The van der Waals surface area contributed by atoms with Gasteiger partial charge < -0.3 is 14.8 Å². The van der Waals surface area contributed by atoms with E-state index in [-0.39, 0.29) is 6.67 Å². The van der Waals surface area contributed by atoms with Crippen molar-refractivity contribution in [2.75, 3.05) is 6.67 Å². The molecule has 21 heavy (non-hydrogen) atoms. The second-order valence-electron chi connectivity index (χ2n) is 6.29. The van der Waals surface area contributed by atoms with Gasteiger partial charge in [-0.2, -0.15) is 4.90 Å². The van der Waals surface area contributed by atoms with E-state index in [1.54, 1.807) is 41.5 Å².